The van der Waals surface area contributed by atoms with Gasteiger partial charge in [-0.3, -0.25) is 9.78 Å². The van der Waals surface area contributed by atoms with Crippen LogP contribution in [0.1, 0.15) is 33.7 Å². The molecule has 23 heavy (non-hydrogen) atoms. The van der Waals surface area contributed by atoms with Crippen molar-refractivity contribution in [2.75, 3.05) is 25.4 Å². The summed E-state index contributed by atoms with van der Waals surface area (Å²) in [5, 5.41) is 0. The van der Waals surface area contributed by atoms with E-state index in [1.54, 1.807) is 17.0 Å². The lowest BCUT2D eigenvalue weighted by molar-refractivity contribution is -0.0249. The number of nitrogens with zero attached hydrogens (tertiary/aromatic N) is 3. The number of carbonyl (C=O) groups is 1. The van der Waals surface area contributed by atoms with E-state index in [4.69, 9.17) is 10.5 Å². The Labute approximate surface area is 135 Å². The van der Waals surface area contributed by atoms with Crippen molar-refractivity contribution in [3.05, 3.63) is 53.1 Å². The highest BCUT2D eigenvalue weighted by Gasteiger charge is 2.27. The van der Waals surface area contributed by atoms with Gasteiger partial charge in [-0.15, -0.1) is 0 Å². The third-order valence-corrected chi connectivity index (χ3v) is 3.79. The Balaban J connectivity index is 1.79. The second-order valence-electron chi connectivity index (χ2n) is 5.74. The van der Waals surface area contributed by atoms with Crippen molar-refractivity contribution in [1.82, 2.24) is 14.9 Å². The van der Waals surface area contributed by atoms with E-state index in [-0.39, 0.29) is 12.0 Å². The second kappa shape index (κ2) is 6.34. The summed E-state index contributed by atoms with van der Waals surface area (Å²) < 4.78 is 5.78. The van der Waals surface area contributed by atoms with Gasteiger partial charge in [0, 0.05) is 23.6 Å². The Kier molecular flexibility index (Phi) is 4.25. The highest BCUT2D eigenvalue weighted by atomic mass is 16.5. The first-order valence-electron chi connectivity index (χ1n) is 7.61. The molecule has 0 spiro atoms. The fourth-order valence-corrected chi connectivity index (χ4v) is 2.72. The fraction of sp³-hybridized carbons (Fsp3) is 0.353. The van der Waals surface area contributed by atoms with E-state index in [1.165, 1.54) is 0 Å². The van der Waals surface area contributed by atoms with Crippen LogP contribution in [0.5, 0.6) is 0 Å². The van der Waals surface area contributed by atoms with E-state index in [1.807, 2.05) is 32.0 Å². The topological polar surface area (TPSA) is 81.3 Å². The van der Waals surface area contributed by atoms with E-state index in [2.05, 4.69) is 9.97 Å². The summed E-state index contributed by atoms with van der Waals surface area (Å²) in [4.78, 5) is 23.2. The van der Waals surface area contributed by atoms with Gasteiger partial charge in [-0.2, -0.15) is 0 Å². The molecule has 0 aliphatic carbocycles. The Morgan fingerprint density at radius 1 is 1.26 bits per heavy atom. The third-order valence-electron chi connectivity index (χ3n) is 3.79. The molecule has 6 heteroatoms. The highest BCUT2D eigenvalue weighted by molar-refractivity contribution is 5.92. The van der Waals surface area contributed by atoms with Crippen LogP contribution in [-0.2, 0) is 4.74 Å². The summed E-state index contributed by atoms with van der Waals surface area (Å²) in [6, 6.07) is 9.07. The van der Waals surface area contributed by atoms with Crippen LogP contribution in [0.3, 0.4) is 0 Å². The highest BCUT2D eigenvalue weighted by Crippen LogP contribution is 2.23. The first-order chi connectivity index (χ1) is 11.0. The molecule has 0 radical (unpaired) electrons. The van der Waals surface area contributed by atoms with Gasteiger partial charge in [0.1, 0.15) is 11.8 Å². The van der Waals surface area contributed by atoms with Gasteiger partial charge in [-0.1, -0.05) is 6.07 Å². The monoisotopic (exact) mass is 312 g/mol. The Morgan fingerprint density at radius 2 is 2.09 bits per heavy atom. The minimum Gasteiger partial charge on any atom is -0.399 e. The van der Waals surface area contributed by atoms with Gasteiger partial charge < -0.3 is 15.4 Å². The third kappa shape index (κ3) is 3.48. The quantitative estimate of drug-likeness (QED) is 0.916. The van der Waals surface area contributed by atoms with E-state index < -0.39 is 0 Å². The van der Waals surface area contributed by atoms with Crippen LogP contribution in [0, 0.1) is 13.8 Å². The van der Waals surface area contributed by atoms with Crippen LogP contribution < -0.4 is 5.73 Å². The zero-order valence-corrected chi connectivity index (χ0v) is 13.3. The number of nitrogens with two attached hydrogens (primary N) is 1. The average Bonchev–Trinajstić information content (AvgIpc) is 2.53. The maximum absolute atomic E-state index is 12.6. The van der Waals surface area contributed by atoms with Crippen molar-refractivity contribution in [3.8, 4) is 0 Å². The molecule has 1 aliphatic rings. The number of aromatic nitrogens is 2. The molecule has 1 saturated heterocycles. The number of rotatable bonds is 2. The molecule has 1 atom stereocenters. The summed E-state index contributed by atoms with van der Waals surface area (Å²) in [5.41, 5.74) is 9.42. The van der Waals surface area contributed by atoms with Crippen LogP contribution in [-0.4, -0.2) is 40.5 Å². The molecule has 120 valence electrons. The molecular weight excluding hydrogens is 292 g/mol. The molecule has 3 rings (SSSR count). The Hall–Kier alpha value is -2.47. The standard InChI is InChI=1S/C17H20N4O2/c1-11-4-3-5-14(19-11)17(22)21-6-7-23-16(10-21)15-9-13(18)8-12(2)20-15/h3-5,8-9,16H,6-7,10H2,1-2H3,(H2,18,20)/t16-/m0/s1. The van der Waals surface area contributed by atoms with Crippen molar-refractivity contribution in [2.24, 2.45) is 0 Å². The summed E-state index contributed by atoms with van der Waals surface area (Å²) in [5.74, 6) is -0.0809. The molecule has 1 amide bonds. The van der Waals surface area contributed by atoms with Gasteiger partial charge in [0.25, 0.3) is 5.91 Å². The SMILES string of the molecule is Cc1cccc(C(=O)N2CCO[C@H](c3cc(N)cc(C)n3)C2)n1. The number of carbonyl (C=O) groups excluding carboxylic acids is 1. The summed E-state index contributed by atoms with van der Waals surface area (Å²) in [7, 11) is 0. The number of ether oxygens (including phenoxy) is 1. The zero-order valence-electron chi connectivity index (χ0n) is 13.3. The zero-order chi connectivity index (χ0) is 16.4. The van der Waals surface area contributed by atoms with Crippen LogP contribution in [0.15, 0.2) is 30.3 Å². The average molecular weight is 312 g/mol. The van der Waals surface area contributed by atoms with Gasteiger partial charge in [0.2, 0.25) is 0 Å². The largest absolute Gasteiger partial charge is 0.399 e. The second-order valence-corrected chi connectivity index (χ2v) is 5.74. The predicted octanol–water partition coefficient (Wildman–Crippen LogP) is 1.89. The number of nitrogen functional groups attached to an aromatic ring is 1. The number of hydrogen-bond acceptors (Lipinski definition) is 5. The molecule has 2 aromatic heterocycles. The molecule has 0 unspecified atom stereocenters. The molecule has 0 aromatic carbocycles. The molecule has 1 fully saturated rings. The molecule has 6 nitrogen and oxygen atoms in total. The smallest absolute Gasteiger partial charge is 0.272 e. The molecule has 2 N–H and O–H groups in total. The lowest BCUT2D eigenvalue weighted by Crippen LogP contribution is -2.42. The summed E-state index contributed by atoms with van der Waals surface area (Å²) in [6.45, 7) is 5.23. The minimum atomic E-state index is -0.264. The number of aryl methyl sites for hydroxylation is 2. The minimum absolute atomic E-state index is 0.0809. The van der Waals surface area contributed by atoms with Crippen molar-refractivity contribution in [1.29, 1.82) is 0 Å². The predicted molar refractivity (Wildman–Crippen MR) is 87.0 cm³/mol. The van der Waals surface area contributed by atoms with Crippen molar-refractivity contribution >= 4 is 11.6 Å². The number of anilines is 1. The number of morpholine rings is 1. The number of hydrogen-bond donors (Lipinski definition) is 1. The first kappa shape index (κ1) is 15.4. The van der Waals surface area contributed by atoms with Crippen LogP contribution in [0.25, 0.3) is 0 Å². The number of amides is 1. The molecule has 1 aliphatic heterocycles. The molecular formula is C17H20N4O2. The summed E-state index contributed by atoms with van der Waals surface area (Å²) in [6.07, 6.45) is -0.264. The molecule has 3 heterocycles. The fourth-order valence-electron chi connectivity index (χ4n) is 2.72. The molecule has 0 saturated carbocycles. The normalized spacial score (nSPS) is 18.0. The van der Waals surface area contributed by atoms with Crippen LogP contribution >= 0.6 is 0 Å². The lowest BCUT2D eigenvalue weighted by atomic mass is 10.1. The van der Waals surface area contributed by atoms with E-state index >= 15 is 0 Å². The van der Waals surface area contributed by atoms with Crippen LogP contribution in [0.2, 0.25) is 0 Å². The van der Waals surface area contributed by atoms with E-state index in [9.17, 15) is 4.79 Å². The van der Waals surface area contributed by atoms with Gasteiger partial charge in [0.05, 0.1) is 18.8 Å². The maximum atomic E-state index is 12.6. The van der Waals surface area contributed by atoms with E-state index in [0.717, 1.165) is 17.1 Å². The first-order valence-corrected chi connectivity index (χ1v) is 7.61. The van der Waals surface area contributed by atoms with Gasteiger partial charge in [0.15, 0.2) is 0 Å². The maximum Gasteiger partial charge on any atom is 0.272 e. The summed E-state index contributed by atoms with van der Waals surface area (Å²) >= 11 is 0. The van der Waals surface area contributed by atoms with Gasteiger partial charge in [-0.25, -0.2) is 4.98 Å². The lowest BCUT2D eigenvalue weighted by Gasteiger charge is -2.32. The van der Waals surface area contributed by atoms with Gasteiger partial charge in [-0.05, 0) is 38.1 Å². The Morgan fingerprint density at radius 3 is 2.83 bits per heavy atom. The Bertz CT molecular complexity index is 712. The van der Waals surface area contributed by atoms with Crippen LogP contribution in [0.4, 0.5) is 5.69 Å². The molecule has 2 aromatic rings. The van der Waals surface area contributed by atoms with Gasteiger partial charge >= 0.3 is 0 Å². The molecule has 0 bridgehead atoms. The van der Waals surface area contributed by atoms with E-state index in [0.29, 0.717) is 31.1 Å². The van der Waals surface area contributed by atoms with Crippen molar-refractivity contribution in [2.45, 2.75) is 20.0 Å². The number of pyridine rings is 2. The van der Waals surface area contributed by atoms with Crippen molar-refractivity contribution < 1.29 is 9.53 Å². The van der Waals surface area contributed by atoms with Crippen molar-refractivity contribution in [3.63, 3.8) is 0 Å².